The molecule has 0 atom stereocenters. The van der Waals surface area contributed by atoms with Crippen molar-refractivity contribution in [1.29, 1.82) is 0 Å². The average Bonchev–Trinajstić information content (AvgIpc) is 3.06. The van der Waals surface area contributed by atoms with Crippen LogP contribution < -0.4 is 4.65 Å². The molecule has 0 unspecified atom stereocenters. The molecular formula is C24H19BClF2NO2. The van der Waals surface area contributed by atoms with E-state index < -0.39 is 13.3 Å². The molecule has 0 saturated carbocycles. The number of carbonyl (C=O) groups is 1. The minimum atomic E-state index is -3.03. The Morgan fingerprint density at radius 1 is 1.06 bits per heavy atom. The van der Waals surface area contributed by atoms with Gasteiger partial charge in [0.2, 0.25) is 0 Å². The van der Waals surface area contributed by atoms with E-state index in [4.69, 9.17) is 11.6 Å². The number of hydrogen-bond acceptors (Lipinski definition) is 2. The molecule has 4 aromatic rings. The fourth-order valence-electron chi connectivity index (χ4n) is 3.79. The van der Waals surface area contributed by atoms with Gasteiger partial charge in [0.25, 0.3) is 0 Å². The minimum Gasteiger partial charge on any atom is -0.505 e. The van der Waals surface area contributed by atoms with Gasteiger partial charge in [0.05, 0.1) is 5.56 Å². The monoisotopic (exact) mass is 437 g/mol. The van der Waals surface area contributed by atoms with Gasteiger partial charge in [-0.1, -0.05) is 48.9 Å². The zero-order chi connectivity index (χ0) is 22.0. The summed E-state index contributed by atoms with van der Waals surface area (Å²) in [5, 5.41) is 2.52. The SMILES string of the molecule is CCCn1c2ccccc2c2cc(C=CC(=O)c3cc(Cl)ccc3OB(F)F)ccc21. The normalized spacial score (nSPS) is 11.5. The number of ketones is 1. The van der Waals surface area contributed by atoms with E-state index in [0.717, 1.165) is 34.8 Å². The molecule has 7 heteroatoms. The molecule has 1 aromatic heterocycles. The van der Waals surface area contributed by atoms with Crippen molar-refractivity contribution in [3.05, 3.63) is 82.9 Å². The number of aryl methyl sites for hydroxylation is 1. The minimum absolute atomic E-state index is 0.00956. The smallest absolute Gasteiger partial charge is 0.505 e. The standard InChI is InChI=1S/C24H19BClF2NO2/c1-2-13-29-21-6-4-3-5-18(21)19-14-16(7-10-22(19)29)8-11-23(30)20-15-17(26)9-12-24(20)31-25(27)28/h3-12,14-15H,2,13H2,1H3. The van der Waals surface area contributed by atoms with Gasteiger partial charge in [-0.3, -0.25) is 4.79 Å². The van der Waals surface area contributed by atoms with Crippen LogP contribution in [0.2, 0.25) is 5.02 Å². The number of para-hydroxylation sites is 1. The largest absolute Gasteiger partial charge is 0.796 e. The zero-order valence-corrected chi connectivity index (χ0v) is 17.6. The van der Waals surface area contributed by atoms with Crippen LogP contribution in [-0.4, -0.2) is 17.8 Å². The summed E-state index contributed by atoms with van der Waals surface area (Å²) in [7, 11) is -3.03. The lowest BCUT2D eigenvalue weighted by Crippen LogP contribution is -2.11. The highest BCUT2D eigenvalue weighted by Gasteiger charge is 2.21. The third-order valence-electron chi connectivity index (χ3n) is 5.09. The van der Waals surface area contributed by atoms with E-state index in [1.807, 2.05) is 30.3 Å². The van der Waals surface area contributed by atoms with Crippen molar-refractivity contribution in [1.82, 2.24) is 4.57 Å². The van der Waals surface area contributed by atoms with Crippen molar-refractivity contribution in [3.63, 3.8) is 0 Å². The van der Waals surface area contributed by atoms with Gasteiger partial charge in [0.1, 0.15) is 5.75 Å². The maximum atomic E-state index is 12.7. The van der Waals surface area contributed by atoms with Gasteiger partial charge >= 0.3 is 7.47 Å². The van der Waals surface area contributed by atoms with E-state index in [1.165, 1.54) is 29.8 Å². The van der Waals surface area contributed by atoms with Gasteiger partial charge in [0.15, 0.2) is 5.78 Å². The molecule has 0 bridgehead atoms. The number of nitrogens with zero attached hydrogens (tertiary/aromatic N) is 1. The lowest BCUT2D eigenvalue weighted by atomic mass is 10.1. The van der Waals surface area contributed by atoms with Crippen LogP contribution in [0.3, 0.4) is 0 Å². The third-order valence-corrected chi connectivity index (χ3v) is 5.33. The van der Waals surface area contributed by atoms with Crippen molar-refractivity contribution in [2.45, 2.75) is 19.9 Å². The Bertz CT molecular complexity index is 1300. The molecule has 31 heavy (non-hydrogen) atoms. The summed E-state index contributed by atoms with van der Waals surface area (Å²) in [6.45, 7) is 3.06. The fourth-order valence-corrected chi connectivity index (χ4v) is 3.97. The van der Waals surface area contributed by atoms with Crippen LogP contribution >= 0.6 is 11.6 Å². The topological polar surface area (TPSA) is 31.2 Å². The van der Waals surface area contributed by atoms with Gasteiger partial charge in [-0.05, 0) is 54.5 Å². The van der Waals surface area contributed by atoms with E-state index in [1.54, 1.807) is 6.08 Å². The number of halogens is 3. The van der Waals surface area contributed by atoms with Gasteiger partial charge in [-0.25, -0.2) is 8.63 Å². The quantitative estimate of drug-likeness (QED) is 0.176. The maximum Gasteiger partial charge on any atom is 0.796 e. The molecule has 4 rings (SSSR count). The van der Waals surface area contributed by atoms with Crippen molar-refractivity contribution < 1.29 is 18.1 Å². The van der Waals surface area contributed by atoms with E-state index in [2.05, 4.69) is 28.3 Å². The van der Waals surface area contributed by atoms with Crippen LogP contribution in [0.5, 0.6) is 5.75 Å². The number of rotatable bonds is 7. The first-order valence-electron chi connectivity index (χ1n) is 9.95. The van der Waals surface area contributed by atoms with Crippen molar-refractivity contribution in [2.75, 3.05) is 0 Å². The third kappa shape index (κ3) is 4.35. The Labute approximate surface area is 184 Å². The Balaban J connectivity index is 1.70. The first-order valence-corrected chi connectivity index (χ1v) is 10.3. The highest BCUT2D eigenvalue weighted by Crippen LogP contribution is 2.30. The average molecular weight is 438 g/mol. The summed E-state index contributed by atoms with van der Waals surface area (Å²) in [4.78, 5) is 12.7. The molecule has 156 valence electrons. The lowest BCUT2D eigenvalue weighted by Gasteiger charge is -2.08. The van der Waals surface area contributed by atoms with Crippen LogP contribution in [-0.2, 0) is 6.54 Å². The van der Waals surface area contributed by atoms with Crippen LogP contribution in [0.1, 0.15) is 29.3 Å². The van der Waals surface area contributed by atoms with Crippen molar-refractivity contribution in [2.24, 2.45) is 0 Å². The number of carbonyl (C=O) groups excluding carboxylic acids is 1. The predicted octanol–water partition coefficient (Wildman–Crippen LogP) is 7.06. The molecule has 0 saturated heterocycles. The molecule has 3 nitrogen and oxygen atoms in total. The van der Waals surface area contributed by atoms with Gasteiger partial charge in [0, 0.05) is 33.4 Å². The van der Waals surface area contributed by atoms with Gasteiger partial charge in [-0.2, -0.15) is 0 Å². The number of benzene rings is 3. The molecule has 0 aliphatic carbocycles. The number of hydrogen-bond donors (Lipinski definition) is 0. The van der Waals surface area contributed by atoms with E-state index in [-0.39, 0.29) is 16.3 Å². The summed E-state index contributed by atoms with van der Waals surface area (Å²) in [5.41, 5.74) is 3.13. The predicted molar refractivity (Wildman–Crippen MR) is 123 cm³/mol. The number of aromatic nitrogens is 1. The molecule has 0 amide bonds. The van der Waals surface area contributed by atoms with Crippen LogP contribution in [0.25, 0.3) is 27.9 Å². The molecular weight excluding hydrogens is 419 g/mol. The highest BCUT2D eigenvalue weighted by molar-refractivity contribution is 6.36. The van der Waals surface area contributed by atoms with E-state index in [9.17, 15) is 13.4 Å². The zero-order valence-electron chi connectivity index (χ0n) is 16.8. The van der Waals surface area contributed by atoms with Gasteiger partial charge < -0.3 is 9.22 Å². The first kappa shape index (κ1) is 21.1. The molecule has 0 aliphatic heterocycles. The van der Waals surface area contributed by atoms with Crippen molar-refractivity contribution in [3.8, 4) is 5.75 Å². The lowest BCUT2D eigenvalue weighted by molar-refractivity contribution is 0.104. The summed E-state index contributed by atoms with van der Waals surface area (Å²) >= 11 is 5.94. The Hall–Kier alpha value is -3.12. The van der Waals surface area contributed by atoms with Gasteiger partial charge in [-0.15, -0.1) is 0 Å². The second-order valence-corrected chi connectivity index (χ2v) is 7.60. The molecule has 1 heterocycles. The molecule has 0 fully saturated rings. The van der Waals surface area contributed by atoms with Crippen molar-refractivity contribution >= 4 is 52.7 Å². The molecule has 0 aliphatic rings. The molecule has 0 N–H and O–H groups in total. The first-order chi connectivity index (χ1) is 15.0. The Morgan fingerprint density at radius 2 is 1.84 bits per heavy atom. The Morgan fingerprint density at radius 3 is 2.61 bits per heavy atom. The van der Waals surface area contributed by atoms with E-state index >= 15 is 0 Å². The van der Waals surface area contributed by atoms with Crippen LogP contribution in [0.4, 0.5) is 8.63 Å². The summed E-state index contributed by atoms with van der Waals surface area (Å²) in [6.07, 6.45) is 4.03. The molecule has 0 spiro atoms. The summed E-state index contributed by atoms with van der Waals surface area (Å²) in [6, 6.07) is 18.2. The molecule has 3 aromatic carbocycles. The summed E-state index contributed by atoms with van der Waals surface area (Å²) < 4.78 is 32.1. The maximum absolute atomic E-state index is 12.7. The van der Waals surface area contributed by atoms with Crippen LogP contribution in [0, 0.1) is 0 Å². The fraction of sp³-hybridized carbons (Fsp3) is 0.125. The number of allylic oxidation sites excluding steroid dienone is 1. The summed E-state index contributed by atoms with van der Waals surface area (Å²) in [5.74, 6) is -0.668. The Kier molecular flexibility index (Phi) is 6.09. The van der Waals surface area contributed by atoms with E-state index in [0.29, 0.717) is 0 Å². The highest BCUT2D eigenvalue weighted by atomic mass is 35.5. The molecule has 0 radical (unpaired) electrons. The number of fused-ring (bicyclic) bond motifs is 3. The second kappa shape index (κ2) is 8.94. The second-order valence-electron chi connectivity index (χ2n) is 7.16. The van der Waals surface area contributed by atoms with Crippen LogP contribution in [0.15, 0.2) is 66.7 Å².